The van der Waals surface area contributed by atoms with Crippen molar-refractivity contribution in [1.82, 2.24) is 14.2 Å². The molecule has 1 saturated heterocycles. The summed E-state index contributed by atoms with van der Waals surface area (Å²) in [4.78, 5) is 19.0. The van der Waals surface area contributed by atoms with Crippen molar-refractivity contribution >= 4 is 15.9 Å². The molecule has 0 unspecified atom stereocenters. The van der Waals surface area contributed by atoms with Crippen molar-refractivity contribution in [1.29, 1.82) is 5.26 Å². The Kier molecular flexibility index (Phi) is 6.01. The molecular weight excluding hydrogens is 388 g/mol. The van der Waals surface area contributed by atoms with E-state index in [0.717, 1.165) is 12.1 Å². The van der Waals surface area contributed by atoms with Gasteiger partial charge in [0.2, 0.25) is 10.0 Å². The highest BCUT2D eigenvalue weighted by atomic mass is 32.2. The lowest BCUT2D eigenvalue weighted by atomic mass is 10.1. The molecule has 7 nitrogen and oxygen atoms in total. The number of hydrogen-bond acceptors (Lipinski definition) is 5. The summed E-state index contributed by atoms with van der Waals surface area (Å²) in [5.41, 5.74) is 2.39. The van der Waals surface area contributed by atoms with Crippen LogP contribution in [-0.4, -0.2) is 54.2 Å². The van der Waals surface area contributed by atoms with Crippen molar-refractivity contribution in [2.75, 3.05) is 19.6 Å². The van der Waals surface area contributed by atoms with Gasteiger partial charge in [0.05, 0.1) is 22.1 Å². The molecule has 0 spiro atoms. The van der Waals surface area contributed by atoms with Gasteiger partial charge in [0, 0.05) is 37.6 Å². The van der Waals surface area contributed by atoms with Gasteiger partial charge in [0.25, 0.3) is 5.91 Å². The molecular formula is C21H24N4O3S. The fourth-order valence-electron chi connectivity index (χ4n) is 3.52. The summed E-state index contributed by atoms with van der Waals surface area (Å²) >= 11 is 0. The number of aryl methyl sites for hydroxylation is 2. The smallest absolute Gasteiger partial charge is 0.255 e. The van der Waals surface area contributed by atoms with E-state index < -0.39 is 10.0 Å². The van der Waals surface area contributed by atoms with Crippen LogP contribution in [0.3, 0.4) is 0 Å². The lowest BCUT2D eigenvalue weighted by Crippen LogP contribution is -2.55. The number of rotatable bonds is 4. The van der Waals surface area contributed by atoms with Crippen LogP contribution >= 0.6 is 0 Å². The maximum atomic E-state index is 13.1. The Labute approximate surface area is 171 Å². The number of pyridine rings is 1. The van der Waals surface area contributed by atoms with Gasteiger partial charge in [0.1, 0.15) is 0 Å². The van der Waals surface area contributed by atoms with Crippen LogP contribution < -0.4 is 0 Å². The lowest BCUT2D eigenvalue weighted by Gasteiger charge is -2.39. The number of amides is 1. The normalized spacial score (nSPS) is 17.7. The molecule has 1 aromatic carbocycles. The van der Waals surface area contributed by atoms with Crippen LogP contribution in [0.25, 0.3) is 0 Å². The van der Waals surface area contributed by atoms with E-state index in [1.165, 1.54) is 16.4 Å². The average Bonchev–Trinajstić information content (AvgIpc) is 2.72. The Hall–Kier alpha value is -2.76. The first kappa shape index (κ1) is 21.0. The first-order chi connectivity index (χ1) is 13.8. The van der Waals surface area contributed by atoms with E-state index in [4.69, 9.17) is 5.26 Å². The number of nitriles is 1. The van der Waals surface area contributed by atoms with Crippen molar-refractivity contribution in [3.63, 3.8) is 0 Å². The maximum Gasteiger partial charge on any atom is 0.255 e. The number of sulfonamides is 1. The Morgan fingerprint density at radius 1 is 1.28 bits per heavy atom. The fraction of sp³-hybridized carbons (Fsp3) is 0.381. The Morgan fingerprint density at radius 2 is 2.03 bits per heavy atom. The summed E-state index contributed by atoms with van der Waals surface area (Å²) in [5.74, 6) is -0.140. The number of nitrogens with zero attached hydrogens (tertiary/aromatic N) is 4. The summed E-state index contributed by atoms with van der Waals surface area (Å²) in [6.45, 7) is 6.28. The molecule has 1 amide bonds. The van der Waals surface area contributed by atoms with Crippen molar-refractivity contribution in [3.05, 3.63) is 58.9 Å². The third-order valence-electron chi connectivity index (χ3n) is 5.21. The van der Waals surface area contributed by atoms with Gasteiger partial charge in [-0.15, -0.1) is 0 Å². The van der Waals surface area contributed by atoms with Crippen LogP contribution in [-0.2, 0) is 16.4 Å². The number of hydrogen-bond donors (Lipinski definition) is 0. The summed E-state index contributed by atoms with van der Waals surface area (Å²) in [6, 6.07) is 9.92. The van der Waals surface area contributed by atoms with E-state index in [1.54, 1.807) is 30.2 Å². The SMILES string of the molecule is CCc1ccc(C(=O)N2CCN(S(=O)(=O)c3ccc(C#N)cc3C)C[C@@H]2C)cn1. The molecule has 8 heteroatoms. The Morgan fingerprint density at radius 3 is 2.59 bits per heavy atom. The minimum Gasteiger partial charge on any atom is -0.333 e. The van der Waals surface area contributed by atoms with E-state index >= 15 is 0 Å². The van der Waals surface area contributed by atoms with E-state index in [1.807, 2.05) is 26.0 Å². The van der Waals surface area contributed by atoms with E-state index in [0.29, 0.717) is 23.2 Å². The second-order valence-electron chi connectivity index (χ2n) is 7.19. The molecule has 0 radical (unpaired) electrons. The first-order valence-electron chi connectivity index (χ1n) is 9.54. The van der Waals surface area contributed by atoms with Gasteiger partial charge in [-0.1, -0.05) is 6.92 Å². The highest BCUT2D eigenvalue weighted by Gasteiger charge is 2.35. The first-order valence-corrected chi connectivity index (χ1v) is 11.0. The zero-order valence-corrected chi connectivity index (χ0v) is 17.6. The lowest BCUT2D eigenvalue weighted by molar-refractivity contribution is 0.0591. The molecule has 0 saturated carbocycles. The van der Waals surface area contributed by atoms with E-state index in [2.05, 4.69) is 4.98 Å². The number of carbonyl (C=O) groups is 1. The second kappa shape index (κ2) is 8.31. The fourth-order valence-corrected chi connectivity index (χ4v) is 5.24. The number of benzene rings is 1. The van der Waals surface area contributed by atoms with Crippen LogP contribution in [0.1, 0.15) is 41.0 Å². The van der Waals surface area contributed by atoms with Crippen molar-refractivity contribution in [2.24, 2.45) is 0 Å². The van der Waals surface area contributed by atoms with Gasteiger partial charge in [-0.2, -0.15) is 9.57 Å². The van der Waals surface area contributed by atoms with Gasteiger partial charge in [-0.3, -0.25) is 9.78 Å². The highest BCUT2D eigenvalue weighted by molar-refractivity contribution is 7.89. The molecule has 0 N–H and O–H groups in total. The monoisotopic (exact) mass is 412 g/mol. The van der Waals surface area contributed by atoms with Crippen LogP contribution in [0.2, 0.25) is 0 Å². The summed E-state index contributed by atoms with van der Waals surface area (Å²) in [7, 11) is -3.70. The van der Waals surface area contributed by atoms with E-state index in [9.17, 15) is 13.2 Å². The van der Waals surface area contributed by atoms with Crippen LogP contribution in [0.15, 0.2) is 41.4 Å². The summed E-state index contributed by atoms with van der Waals surface area (Å²) in [6.07, 6.45) is 2.38. The van der Waals surface area contributed by atoms with Crippen LogP contribution in [0, 0.1) is 18.3 Å². The predicted octanol–water partition coefficient (Wildman–Crippen LogP) is 2.36. The zero-order valence-electron chi connectivity index (χ0n) is 16.8. The van der Waals surface area contributed by atoms with Crippen LogP contribution in [0.5, 0.6) is 0 Å². The molecule has 1 aliphatic rings. The molecule has 29 heavy (non-hydrogen) atoms. The predicted molar refractivity (Wildman–Crippen MR) is 109 cm³/mol. The van der Waals surface area contributed by atoms with Gasteiger partial charge >= 0.3 is 0 Å². The molecule has 152 valence electrons. The standard InChI is InChI=1S/C21H24N4O3S/c1-4-19-7-6-18(13-23-19)21(26)25-10-9-24(14-16(25)3)29(27,28)20-8-5-17(12-22)11-15(20)2/h5-8,11,13,16H,4,9-10,14H2,1-3H3/t16-/m0/s1. The topological polar surface area (TPSA) is 94.4 Å². The van der Waals surface area contributed by atoms with E-state index in [-0.39, 0.29) is 29.9 Å². The molecule has 1 aliphatic heterocycles. The number of aromatic nitrogens is 1. The molecule has 1 atom stereocenters. The average molecular weight is 413 g/mol. The second-order valence-corrected chi connectivity index (χ2v) is 9.10. The summed E-state index contributed by atoms with van der Waals surface area (Å²) < 4.78 is 27.6. The molecule has 0 aliphatic carbocycles. The molecule has 2 aromatic rings. The van der Waals surface area contributed by atoms with Gasteiger partial charge in [-0.25, -0.2) is 8.42 Å². The zero-order chi connectivity index (χ0) is 21.2. The van der Waals surface area contributed by atoms with Crippen molar-refractivity contribution in [3.8, 4) is 6.07 Å². The van der Waals surface area contributed by atoms with Crippen molar-refractivity contribution < 1.29 is 13.2 Å². The largest absolute Gasteiger partial charge is 0.333 e. The molecule has 2 heterocycles. The quantitative estimate of drug-likeness (QED) is 0.768. The molecule has 1 fully saturated rings. The Bertz CT molecular complexity index is 1060. The van der Waals surface area contributed by atoms with Gasteiger partial charge in [-0.05, 0) is 56.2 Å². The summed E-state index contributed by atoms with van der Waals surface area (Å²) in [5, 5.41) is 8.99. The maximum absolute atomic E-state index is 13.1. The van der Waals surface area contributed by atoms with Gasteiger partial charge < -0.3 is 4.90 Å². The molecule has 0 bridgehead atoms. The third-order valence-corrected chi connectivity index (χ3v) is 7.23. The van der Waals surface area contributed by atoms with Gasteiger partial charge in [0.15, 0.2) is 0 Å². The minimum absolute atomic E-state index is 0.140. The third kappa shape index (κ3) is 4.16. The van der Waals surface area contributed by atoms with Crippen molar-refractivity contribution in [2.45, 2.75) is 38.1 Å². The molecule has 1 aromatic heterocycles. The number of piperazine rings is 1. The highest BCUT2D eigenvalue weighted by Crippen LogP contribution is 2.24. The minimum atomic E-state index is -3.70. The molecule has 3 rings (SSSR count). The van der Waals surface area contributed by atoms with Crippen LogP contribution in [0.4, 0.5) is 0 Å². The number of carbonyl (C=O) groups excluding carboxylic acids is 1. The Balaban J connectivity index is 1.76.